The van der Waals surface area contributed by atoms with Gasteiger partial charge in [-0.05, 0) is 37.5 Å². The second-order valence-electron chi connectivity index (χ2n) is 7.98. The molecule has 0 bridgehead atoms. The van der Waals surface area contributed by atoms with E-state index in [1.165, 1.54) is 36.6 Å². The number of nitrogens with one attached hydrogen (secondary N) is 1. The summed E-state index contributed by atoms with van der Waals surface area (Å²) in [7, 11) is 0. The Kier molecular flexibility index (Phi) is 6.53. The third kappa shape index (κ3) is 4.93. The zero-order chi connectivity index (χ0) is 20.9. The highest BCUT2D eigenvalue weighted by molar-refractivity contribution is 7.99. The quantitative estimate of drug-likeness (QED) is 0.476. The summed E-state index contributed by atoms with van der Waals surface area (Å²) in [6.45, 7) is 2.48. The summed E-state index contributed by atoms with van der Waals surface area (Å²) in [5, 5.41) is 4.32. The first kappa shape index (κ1) is 20.7. The molecule has 1 amide bonds. The van der Waals surface area contributed by atoms with E-state index < -0.39 is 0 Å². The van der Waals surface area contributed by atoms with Crippen LogP contribution in [-0.2, 0) is 11.3 Å². The number of carbonyl (C=O) groups excluding carboxylic acids is 1. The Morgan fingerprint density at radius 1 is 1.10 bits per heavy atom. The molecule has 1 N–H and O–H groups in total. The summed E-state index contributed by atoms with van der Waals surface area (Å²) >= 11 is 1.33. The Balaban J connectivity index is 1.57. The topological polar surface area (TPSA) is 64.0 Å². The molecule has 1 heterocycles. The van der Waals surface area contributed by atoms with Gasteiger partial charge in [0.15, 0.2) is 5.16 Å². The van der Waals surface area contributed by atoms with E-state index in [-0.39, 0.29) is 23.3 Å². The fraction of sp³-hybridized carbons (Fsp3) is 0.375. The smallest absolute Gasteiger partial charge is 0.262 e. The molecule has 1 saturated carbocycles. The standard InChI is InChI=1S/C24H27N3O2S/c1-17-11-13-18(14-12-17)15-27-23(29)20-9-5-6-10-21(20)26-24(27)30-16-22(28)25-19-7-3-2-4-8-19/h5-6,9-14,19H,2-4,7-8,15-16H2,1H3,(H,25,28). The predicted molar refractivity (Wildman–Crippen MR) is 122 cm³/mol. The number of amides is 1. The van der Waals surface area contributed by atoms with Crippen LogP contribution < -0.4 is 10.9 Å². The molecule has 1 aromatic heterocycles. The van der Waals surface area contributed by atoms with Crippen LogP contribution in [0.1, 0.15) is 43.2 Å². The number of hydrogen-bond acceptors (Lipinski definition) is 4. The molecule has 0 unspecified atom stereocenters. The first-order valence-corrected chi connectivity index (χ1v) is 11.6. The van der Waals surface area contributed by atoms with Gasteiger partial charge in [0.25, 0.3) is 5.56 Å². The lowest BCUT2D eigenvalue weighted by atomic mass is 9.95. The van der Waals surface area contributed by atoms with Crippen LogP contribution in [0.25, 0.3) is 10.9 Å². The molecular weight excluding hydrogens is 394 g/mol. The van der Waals surface area contributed by atoms with Crippen molar-refractivity contribution in [2.24, 2.45) is 0 Å². The Hall–Kier alpha value is -2.60. The highest BCUT2D eigenvalue weighted by atomic mass is 32.2. The van der Waals surface area contributed by atoms with Crippen molar-refractivity contribution in [3.05, 3.63) is 70.0 Å². The lowest BCUT2D eigenvalue weighted by Gasteiger charge is -2.22. The van der Waals surface area contributed by atoms with Crippen molar-refractivity contribution in [1.82, 2.24) is 14.9 Å². The van der Waals surface area contributed by atoms with Crippen LogP contribution in [0.5, 0.6) is 0 Å². The van der Waals surface area contributed by atoms with Gasteiger partial charge in [-0.2, -0.15) is 0 Å². The fourth-order valence-electron chi connectivity index (χ4n) is 3.92. The average molecular weight is 422 g/mol. The molecule has 6 heteroatoms. The van der Waals surface area contributed by atoms with Gasteiger partial charge in [0, 0.05) is 6.04 Å². The molecule has 0 atom stereocenters. The third-order valence-electron chi connectivity index (χ3n) is 5.59. The SMILES string of the molecule is Cc1ccc(Cn2c(SCC(=O)NC3CCCCC3)nc3ccccc3c2=O)cc1. The van der Waals surface area contributed by atoms with Crippen LogP contribution >= 0.6 is 11.8 Å². The van der Waals surface area contributed by atoms with Gasteiger partial charge in [-0.3, -0.25) is 14.2 Å². The van der Waals surface area contributed by atoms with Gasteiger partial charge in [0.2, 0.25) is 5.91 Å². The van der Waals surface area contributed by atoms with Crippen molar-refractivity contribution < 1.29 is 4.79 Å². The van der Waals surface area contributed by atoms with Crippen molar-refractivity contribution in [3.8, 4) is 0 Å². The molecule has 1 fully saturated rings. The number of carbonyl (C=O) groups is 1. The zero-order valence-corrected chi connectivity index (χ0v) is 18.1. The molecule has 0 saturated heterocycles. The van der Waals surface area contributed by atoms with E-state index in [4.69, 9.17) is 4.98 Å². The van der Waals surface area contributed by atoms with Crippen molar-refractivity contribution in [2.45, 2.75) is 56.8 Å². The minimum Gasteiger partial charge on any atom is -0.353 e. The molecule has 0 aliphatic heterocycles. The zero-order valence-electron chi connectivity index (χ0n) is 17.3. The van der Waals surface area contributed by atoms with Gasteiger partial charge in [-0.25, -0.2) is 4.98 Å². The van der Waals surface area contributed by atoms with Crippen LogP contribution in [0.3, 0.4) is 0 Å². The molecule has 0 radical (unpaired) electrons. The van der Waals surface area contributed by atoms with Crippen molar-refractivity contribution >= 4 is 28.6 Å². The summed E-state index contributed by atoms with van der Waals surface area (Å²) in [6, 6.07) is 15.8. The Labute approximate surface area is 180 Å². The fourth-order valence-corrected chi connectivity index (χ4v) is 4.73. The van der Waals surface area contributed by atoms with Crippen LogP contribution in [0.2, 0.25) is 0 Å². The van der Waals surface area contributed by atoms with Crippen LogP contribution in [-0.4, -0.2) is 27.3 Å². The van der Waals surface area contributed by atoms with Gasteiger partial charge in [0.1, 0.15) is 0 Å². The minimum absolute atomic E-state index is 0.0104. The molecule has 2 aromatic carbocycles. The molecule has 3 aromatic rings. The highest BCUT2D eigenvalue weighted by Gasteiger charge is 2.17. The second kappa shape index (κ2) is 9.47. The van der Waals surface area contributed by atoms with Crippen molar-refractivity contribution in [3.63, 3.8) is 0 Å². The predicted octanol–water partition coefficient (Wildman–Crippen LogP) is 4.29. The number of aromatic nitrogens is 2. The maximum absolute atomic E-state index is 13.2. The summed E-state index contributed by atoms with van der Waals surface area (Å²) in [4.78, 5) is 30.4. The van der Waals surface area contributed by atoms with E-state index in [0.29, 0.717) is 22.6 Å². The Morgan fingerprint density at radius 3 is 2.60 bits per heavy atom. The molecule has 5 nitrogen and oxygen atoms in total. The number of benzene rings is 2. The first-order valence-electron chi connectivity index (χ1n) is 10.6. The number of para-hydroxylation sites is 1. The lowest BCUT2D eigenvalue weighted by Crippen LogP contribution is -2.37. The molecule has 0 spiro atoms. The van der Waals surface area contributed by atoms with Crippen LogP contribution in [0.15, 0.2) is 58.5 Å². The van der Waals surface area contributed by atoms with E-state index in [9.17, 15) is 9.59 Å². The molecule has 1 aliphatic carbocycles. The van der Waals surface area contributed by atoms with Gasteiger partial charge in [-0.1, -0.05) is 73.0 Å². The number of rotatable bonds is 6. The monoisotopic (exact) mass is 421 g/mol. The summed E-state index contributed by atoms with van der Waals surface area (Å²) in [5.41, 5.74) is 2.80. The van der Waals surface area contributed by atoms with Gasteiger partial charge < -0.3 is 5.32 Å². The summed E-state index contributed by atoms with van der Waals surface area (Å²) in [5.74, 6) is 0.269. The van der Waals surface area contributed by atoms with E-state index in [0.717, 1.165) is 18.4 Å². The largest absolute Gasteiger partial charge is 0.353 e. The normalized spacial score (nSPS) is 14.7. The van der Waals surface area contributed by atoms with Gasteiger partial charge >= 0.3 is 0 Å². The van der Waals surface area contributed by atoms with Crippen LogP contribution in [0, 0.1) is 6.92 Å². The third-order valence-corrected chi connectivity index (χ3v) is 6.57. The maximum atomic E-state index is 13.2. The van der Waals surface area contributed by atoms with E-state index in [1.54, 1.807) is 10.6 Å². The molecule has 1 aliphatic rings. The van der Waals surface area contributed by atoms with E-state index >= 15 is 0 Å². The number of thioether (sulfide) groups is 1. The Bertz CT molecular complexity index is 1090. The van der Waals surface area contributed by atoms with E-state index in [2.05, 4.69) is 5.32 Å². The summed E-state index contributed by atoms with van der Waals surface area (Å²) in [6.07, 6.45) is 5.74. The van der Waals surface area contributed by atoms with Crippen molar-refractivity contribution in [2.75, 3.05) is 5.75 Å². The van der Waals surface area contributed by atoms with Gasteiger partial charge in [0.05, 0.1) is 23.2 Å². The first-order chi connectivity index (χ1) is 14.6. The number of aryl methyl sites for hydroxylation is 1. The molecule has 156 valence electrons. The summed E-state index contributed by atoms with van der Waals surface area (Å²) < 4.78 is 1.69. The minimum atomic E-state index is -0.0728. The Morgan fingerprint density at radius 2 is 1.83 bits per heavy atom. The maximum Gasteiger partial charge on any atom is 0.262 e. The molecule has 30 heavy (non-hydrogen) atoms. The molecular formula is C24H27N3O2S. The second-order valence-corrected chi connectivity index (χ2v) is 8.92. The number of fused-ring (bicyclic) bond motifs is 1. The van der Waals surface area contributed by atoms with E-state index in [1.807, 2.05) is 49.4 Å². The average Bonchev–Trinajstić information content (AvgIpc) is 2.76. The number of nitrogens with zero attached hydrogens (tertiary/aromatic N) is 2. The van der Waals surface area contributed by atoms with Gasteiger partial charge in [-0.15, -0.1) is 0 Å². The lowest BCUT2D eigenvalue weighted by molar-refractivity contribution is -0.119. The van der Waals surface area contributed by atoms with Crippen molar-refractivity contribution in [1.29, 1.82) is 0 Å². The number of hydrogen-bond donors (Lipinski definition) is 1. The highest BCUT2D eigenvalue weighted by Crippen LogP contribution is 2.21. The van der Waals surface area contributed by atoms with Crippen LogP contribution in [0.4, 0.5) is 0 Å². The molecule has 4 rings (SSSR count).